The number of hydrogen-bond acceptors (Lipinski definition) is 5. The first-order valence-electron chi connectivity index (χ1n) is 8.47. The second kappa shape index (κ2) is 8.66. The molecule has 0 amide bonds. The summed E-state index contributed by atoms with van der Waals surface area (Å²) in [6.07, 6.45) is 0.986. The van der Waals surface area contributed by atoms with Crippen LogP contribution in [0.4, 0.5) is 10.8 Å². The lowest BCUT2D eigenvalue weighted by Gasteiger charge is -2.10. The molecule has 0 spiro atoms. The van der Waals surface area contributed by atoms with Crippen LogP contribution in [0.3, 0.4) is 0 Å². The van der Waals surface area contributed by atoms with Crippen LogP contribution in [0.2, 0.25) is 0 Å². The number of hydrogen-bond donors (Lipinski definition) is 3. The Morgan fingerprint density at radius 3 is 2.71 bits per heavy atom. The summed E-state index contributed by atoms with van der Waals surface area (Å²) in [5.41, 5.74) is 2.34. The van der Waals surface area contributed by atoms with E-state index in [9.17, 15) is 0 Å². The van der Waals surface area contributed by atoms with Gasteiger partial charge in [0.25, 0.3) is 0 Å². The molecule has 4 nitrogen and oxygen atoms in total. The van der Waals surface area contributed by atoms with Crippen LogP contribution in [-0.2, 0) is 6.42 Å². The molecule has 0 aliphatic carbocycles. The van der Waals surface area contributed by atoms with Crippen molar-refractivity contribution in [1.82, 2.24) is 10.3 Å². The first-order chi connectivity index (χ1) is 11.9. The fourth-order valence-electron chi connectivity index (χ4n) is 2.64. The van der Waals surface area contributed by atoms with Crippen molar-refractivity contribution in [1.29, 1.82) is 0 Å². The van der Waals surface area contributed by atoms with Gasteiger partial charge in [0, 0.05) is 42.5 Å². The zero-order valence-electron chi connectivity index (χ0n) is 14.0. The van der Waals surface area contributed by atoms with Gasteiger partial charge in [-0.3, -0.25) is 0 Å². The van der Waals surface area contributed by atoms with Gasteiger partial charge in [0.15, 0.2) is 5.13 Å². The highest BCUT2D eigenvalue weighted by Gasteiger charge is 2.02. The Hall–Kier alpha value is -2.11. The molecule has 0 aliphatic rings. The van der Waals surface area contributed by atoms with E-state index in [0.717, 1.165) is 43.4 Å². The molecule has 0 radical (unpaired) electrons. The zero-order valence-corrected chi connectivity index (χ0v) is 14.8. The summed E-state index contributed by atoms with van der Waals surface area (Å²) in [6, 6.07) is 14.8. The molecule has 3 aromatic rings. The number of nitrogens with zero attached hydrogens (tertiary/aromatic N) is 1. The Morgan fingerprint density at radius 1 is 0.958 bits per heavy atom. The maximum Gasteiger partial charge on any atom is 0.182 e. The second-order valence-electron chi connectivity index (χ2n) is 5.63. The van der Waals surface area contributed by atoms with E-state index in [-0.39, 0.29) is 0 Å². The molecule has 0 saturated carbocycles. The fourth-order valence-corrected chi connectivity index (χ4v) is 3.42. The van der Waals surface area contributed by atoms with E-state index in [1.807, 2.05) is 0 Å². The smallest absolute Gasteiger partial charge is 0.182 e. The van der Waals surface area contributed by atoms with Gasteiger partial charge in [-0.25, -0.2) is 4.98 Å². The summed E-state index contributed by atoms with van der Waals surface area (Å²) in [7, 11) is 0. The molecule has 5 heteroatoms. The van der Waals surface area contributed by atoms with E-state index in [2.05, 4.69) is 75.7 Å². The first-order valence-corrected chi connectivity index (χ1v) is 9.35. The van der Waals surface area contributed by atoms with E-state index in [4.69, 9.17) is 0 Å². The summed E-state index contributed by atoms with van der Waals surface area (Å²) >= 11 is 1.68. The number of anilines is 2. The topological polar surface area (TPSA) is 49.0 Å². The van der Waals surface area contributed by atoms with Crippen LogP contribution in [0.5, 0.6) is 0 Å². The van der Waals surface area contributed by atoms with E-state index in [0.29, 0.717) is 0 Å². The SMILES string of the molecule is CCNCCc1csc(NCCNc2cccc3ccccc23)n1. The summed E-state index contributed by atoms with van der Waals surface area (Å²) in [4.78, 5) is 4.62. The average molecular weight is 340 g/mol. The molecule has 0 bridgehead atoms. The molecule has 0 unspecified atom stereocenters. The Morgan fingerprint density at radius 2 is 1.79 bits per heavy atom. The third kappa shape index (κ3) is 4.46. The molecule has 24 heavy (non-hydrogen) atoms. The van der Waals surface area contributed by atoms with Crippen molar-refractivity contribution in [2.75, 3.05) is 36.8 Å². The van der Waals surface area contributed by atoms with Crippen molar-refractivity contribution in [2.45, 2.75) is 13.3 Å². The minimum absolute atomic E-state index is 0.851. The van der Waals surface area contributed by atoms with Crippen LogP contribution in [0.25, 0.3) is 10.8 Å². The van der Waals surface area contributed by atoms with E-state index < -0.39 is 0 Å². The van der Waals surface area contributed by atoms with Crippen LogP contribution in [-0.4, -0.2) is 31.2 Å². The number of rotatable bonds is 9. The van der Waals surface area contributed by atoms with Crippen molar-refractivity contribution in [2.24, 2.45) is 0 Å². The summed E-state index contributed by atoms with van der Waals surface area (Å²) in [6.45, 7) is 5.83. The molecule has 1 aromatic heterocycles. The van der Waals surface area contributed by atoms with Gasteiger partial charge in [-0.1, -0.05) is 43.3 Å². The number of benzene rings is 2. The molecule has 1 heterocycles. The predicted molar refractivity (Wildman–Crippen MR) is 105 cm³/mol. The Kier molecular flexibility index (Phi) is 6.04. The lowest BCUT2D eigenvalue weighted by atomic mass is 10.1. The van der Waals surface area contributed by atoms with Gasteiger partial charge in [-0.15, -0.1) is 11.3 Å². The standard InChI is InChI=1S/C19H24N4S/c1-2-20-11-10-16-14-24-19(23-16)22-13-12-21-18-9-5-7-15-6-3-4-8-17(15)18/h3-9,14,20-21H,2,10-13H2,1H3,(H,22,23). The van der Waals surface area contributed by atoms with Crippen molar-refractivity contribution in [3.8, 4) is 0 Å². The Bertz CT molecular complexity index is 763. The van der Waals surface area contributed by atoms with Crippen LogP contribution < -0.4 is 16.0 Å². The van der Waals surface area contributed by atoms with Crippen LogP contribution >= 0.6 is 11.3 Å². The van der Waals surface area contributed by atoms with Crippen molar-refractivity contribution < 1.29 is 0 Å². The van der Waals surface area contributed by atoms with Crippen LogP contribution in [0.15, 0.2) is 47.8 Å². The number of fused-ring (bicyclic) bond motifs is 1. The molecular weight excluding hydrogens is 316 g/mol. The van der Waals surface area contributed by atoms with Gasteiger partial charge in [0.1, 0.15) is 0 Å². The molecule has 126 valence electrons. The zero-order chi connectivity index (χ0) is 16.6. The fraction of sp³-hybridized carbons (Fsp3) is 0.316. The monoisotopic (exact) mass is 340 g/mol. The maximum absolute atomic E-state index is 4.62. The van der Waals surface area contributed by atoms with Crippen molar-refractivity contribution >= 4 is 32.9 Å². The quantitative estimate of drug-likeness (QED) is 0.516. The number of aromatic nitrogens is 1. The van der Waals surface area contributed by atoms with Gasteiger partial charge in [0.2, 0.25) is 0 Å². The normalized spacial score (nSPS) is 10.9. The number of likely N-dealkylation sites (N-methyl/N-ethyl adjacent to an activating group) is 1. The van der Waals surface area contributed by atoms with Gasteiger partial charge in [-0.2, -0.15) is 0 Å². The molecule has 0 saturated heterocycles. The summed E-state index contributed by atoms with van der Waals surface area (Å²) in [5, 5.41) is 15.9. The number of nitrogens with one attached hydrogen (secondary N) is 3. The maximum atomic E-state index is 4.62. The Balaban J connectivity index is 1.47. The highest BCUT2D eigenvalue weighted by atomic mass is 32.1. The molecular formula is C19H24N4S. The predicted octanol–water partition coefficient (Wildman–Crippen LogP) is 3.97. The van der Waals surface area contributed by atoms with Gasteiger partial charge in [0.05, 0.1) is 5.69 Å². The second-order valence-corrected chi connectivity index (χ2v) is 6.49. The van der Waals surface area contributed by atoms with Crippen molar-refractivity contribution in [3.63, 3.8) is 0 Å². The van der Waals surface area contributed by atoms with Crippen LogP contribution in [0, 0.1) is 0 Å². The average Bonchev–Trinajstić information content (AvgIpc) is 3.07. The van der Waals surface area contributed by atoms with Crippen molar-refractivity contribution in [3.05, 3.63) is 53.5 Å². The third-order valence-corrected chi connectivity index (χ3v) is 4.71. The minimum Gasteiger partial charge on any atom is -0.383 e. The minimum atomic E-state index is 0.851. The van der Waals surface area contributed by atoms with Gasteiger partial charge >= 0.3 is 0 Å². The highest BCUT2D eigenvalue weighted by Crippen LogP contribution is 2.22. The summed E-state index contributed by atoms with van der Waals surface area (Å²) in [5.74, 6) is 0. The first kappa shape index (κ1) is 16.7. The van der Waals surface area contributed by atoms with Crippen LogP contribution in [0.1, 0.15) is 12.6 Å². The van der Waals surface area contributed by atoms with Gasteiger partial charge < -0.3 is 16.0 Å². The van der Waals surface area contributed by atoms with E-state index in [1.54, 1.807) is 11.3 Å². The summed E-state index contributed by atoms with van der Waals surface area (Å²) < 4.78 is 0. The largest absolute Gasteiger partial charge is 0.383 e. The highest BCUT2D eigenvalue weighted by molar-refractivity contribution is 7.13. The molecule has 0 fully saturated rings. The third-order valence-electron chi connectivity index (χ3n) is 3.87. The molecule has 3 rings (SSSR count). The molecule has 0 atom stereocenters. The van der Waals surface area contributed by atoms with E-state index >= 15 is 0 Å². The molecule has 2 aromatic carbocycles. The lowest BCUT2D eigenvalue weighted by molar-refractivity contribution is 0.710. The lowest BCUT2D eigenvalue weighted by Crippen LogP contribution is -2.16. The number of thiazole rings is 1. The molecule has 0 aliphatic heterocycles. The Labute approximate surface area is 147 Å². The molecule has 3 N–H and O–H groups in total. The van der Waals surface area contributed by atoms with E-state index in [1.165, 1.54) is 16.5 Å². The van der Waals surface area contributed by atoms with Gasteiger partial charge in [-0.05, 0) is 18.0 Å².